The first kappa shape index (κ1) is 14.4. The van der Waals surface area contributed by atoms with Gasteiger partial charge in [-0.3, -0.25) is 9.59 Å². The molecule has 0 saturated carbocycles. The lowest BCUT2D eigenvalue weighted by molar-refractivity contribution is -0.118. The second-order valence-corrected chi connectivity index (χ2v) is 4.02. The summed E-state index contributed by atoms with van der Waals surface area (Å²) in [6, 6.07) is 3.62. The van der Waals surface area contributed by atoms with Gasteiger partial charge in [0, 0.05) is 12.8 Å². The zero-order valence-electron chi connectivity index (χ0n) is 9.77. The van der Waals surface area contributed by atoms with Crippen molar-refractivity contribution in [3.05, 3.63) is 28.8 Å². The fourth-order valence-electron chi connectivity index (χ4n) is 1.28. The SMILES string of the molecule is COCC(N)C(=O)Nc1ccc(Cl)c(C(N)=O)c1. The second kappa shape index (κ2) is 6.34. The highest BCUT2D eigenvalue weighted by atomic mass is 35.5. The Morgan fingerprint density at radius 1 is 1.50 bits per heavy atom. The lowest BCUT2D eigenvalue weighted by atomic mass is 10.2. The first-order valence-electron chi connectivity index (χ1n) is 5.10. The number of carbonyl (C=O) groups excluding carboxylic acids is 2. The summed E-state index contributed by atoms with van der Waals surface area (Å²) in [5.74, 6) is -1.09. The van der Waals surface area contributed by atoms with E-state index in [0.717, 1.165) is 0 Å². The van der Waals surface area contributed by atoms with Gasteiger partial charge >= 0.3 is 0 Å². The lowest BCUT2D eigenvalue weighted by Gasteiger charge is -2.12. The third-order valence-corrected chi connectivity index (χ3v) is 2.51. The van der Waals surface area contributed by atoms with Crippen LogP contribution >= 0.6 is 11.6 Å². The van der Waals surface area contributed by atoms with E-state index in [4.69, 9.17) is 27.8 Å². The molecule has 1 aromatic rings. The molecule has 2 amide bonds. The predicted molar refractivity (Wildman–Crippen MR) is 68.5 cm³/mol. The highest BCUT2D eigenvalue weighted by Gasteiger charge is 2.14. The molecule has 98 valence electrons. The van der Waals surface area contributed by atoms with Crippen LogP contribution in [0.5, 0.6) is 0 Å². The molecule has 0 aliphatic carbocycles. The van der Waals surface area contributed by atoms with Crippen LogP contribution in [0, 0.1) is 0 Å². The largest absolute Gasteiger partial charge is 0.383 e. The Morgan fingerprint density at radius 2 is 2.17 bits per heavy atom. The van der Waals surface area contributed by atoms with Crippen molar-refractivity contribution in [2.24, 2.45) is 11.5 Å². The van der Waals surface area contributed by atoms with Gasteiger partial charge in [-0.05, 0) is 18.2 Å². The molecule has 1 aromatic carbocycles. The first-order chi connectivity index (χ1) is 8.45. The summed E-state index contributed by atoms with van der Waals surface area (Å²) < 4.78 is 4.76. The third-order valence-electron chi connectivity index (χ3n) is 2.18. The van der Waals surface area contributed by atoms with Crippen molar-refractivity contribution in [2.75, 3.05) is 19.0 Å². The second-order valence-electron chi connectivity index (χ2n) is 3.61. The molecule has 5 N–H and O–H groups in total. The van der Waals surface area contributed by atoms with Gasteiger partial charge in [-0.25, -0.2) is 0 Å². The highest BCUT2D eigenvalue weighted by Crippen LogP contribution is 2.20. The zero-order chi connectivity index (χ0) is 13.7. The molecule has 0 aromatic heterocycles. The number of rotatable bonds is 5. The maximum Gasteiger partial charge on any atom is 0.250 e. The lowest BCUT2D eigenvalue weighted by Crippen LogP contribution is -2.39. The summed E-state index contributed by atoms with van der Waals surface area (Å²) in [5.41, 5.74) is 11.2. The Bertz CT molecular complexity index is 465. The standard InChI is InChI=1S/C11H14ClN3O3/c1-18-5-9(13)11(17)15-6-2-3-8(12)7(4-6)10(14)16/h2-4,9H,5,13H2,1H3,(H2,14,16)(H,15,17). The quantitative estimate of drug-likeness (QED) is 0.718. The fraction of sp³-hybridized carbons (Fsp3) is 0.273. The number of anilines is 1. The first-order valence-corrected chi connectivity index (χ1v) is 5.48. The molecule has 0 radical (unpaired) electrons. The molecule has 1 rings (SSSR count). The van der Waals surface area contributed by atoms with Crippen molar-refractivity contribution in [3.8, 4) is 0 Å². The molecule has 0 bridgehead atoms. The van der Waals surface area contributed by atoms with E-state index in [-0.39, 0.29) is 17.2 Å². The Kier molecular flexibility index (Phi) is 5.08. The number of carbonyl (C=O) groups is 2. The van der Waals surface area contributed by atoms with Crippen LogP contribution in [-0.4, -0.2) is 31.6 Å². The molecular weight excluding hydrogens is 258 g/mol. The van der Waals surface area contributed by atoms with Crippen LogP contribution in [0.3, 0.4) is 0 Å². The van der Waals surface area contributed by atoms with Gasteiger partial charge in [0.1, 0.15) is 6.04 Å². The minimum atomic E-state index is -0.789. The van der Waals surface area contributed by atoms with Gasteiger partial charge in [0.05, 0.1) is 17.2 Å². The number of hydrogen-bond donors (Lipinski definition) is 3. The van der Waals surface area contributed by atoms with Crippen molar-refractivity contribution >= 4 is 29.1 Å². The molecule has 0 fully saturated rings. The average molecular weight is 272 g/mol. The number of benzene rings is 1. The van der Waals surface area contributed by atoms with Crippen LogP contribution in [-0.2, 0) is 9.53 Å². The topological polar surface area (TPSA) is 107 Å². The average Bonchev–Trinajstić information content (AvgIpc) is 2.31. The summed E-state index contributed by atoms with van der Waals surface area (Å²) in [7, 11) is 1.45. The molecule has 1 unspecified atom stereocenters. The van der Waals surface area contributed by atoms with Crippen LogP contribution in [0.2, 0.25) is 5.02 Å². The summed E-state index contributed by atoms with van der Waals surface area (Å²) in [5, 5.41) is 2.76. The highest BCUT2D eigenvalue weighted by molar-refractivity contribution is 6.34. The number of ether oxygens (including phenoxy) is 1. The van der Waals surface area contributed by atoms with E-state index in [2.05, 4.69) is 5.32 Å². The van der Waals surface area contributed by atoms with Crippen LogP contribution in [0.25, 0.3) is 0 Å². The van der Waals surface area contributed by atoms with Crippen LogP contribution in [0.4, 0.5) is 5.69 Å². The monoisotopic (exact) mass is 271 g/mol. The van der Waals surface area contributed by atoms with E-state index in [1.54, 1.807) is 6.07 Å². The number of nitrogens with one attached hydrogen (secondary N) is 1. The van der Waals surface area contributed by atoms with Crippen molar-refractivity contribution in [1.82, 2.24) is 0 Å². The third kappa shape index (κ3) is 3.69. The number of nitrogens with two attached hydrogens (primary N) is 2. The van der Waals surface area contributed by atoms with E-state index in [0.29, 0.717) is 5.69 Å². The minimum absolute atomic E-state index is 0.0993. The Hall–Kier alpha value is -1.63. The minimum Gasteiger partial charge on any atom is -0.383 e. The summed E-state index contributed by atoms with van der Waals surface area (Å²) in [6.45, 7) is 0.0993. The van der Waals surface area contributed by atoms with Gasteiger partial charge in [-0.1, -0.05) is 11.6 Å². The van der Waals surface area contributed by atoms with Crippen molar-refractivity contribution in [2.45, 2.75) is 6.04 Å². The van der Waals surface area contributed by atoms with E-state index >= 15 is 0 Å². The number of halogens is 1. The van der Waals surface area contributed by atoms with Gasteiger partial charge in [0.2, 0.25) is 11.8 Å². The van der Waals surface area contributed by atoms with E-state index in [1.165, 1.54) is 19.2 Å². The molecule has 1 atom stereocenters. The van der Waals surface area contributed by atoms with E-state index in [1.807, 2.05) is 0 Å². The van der Waals surface area contributed by atoms with Crippen LogP contribution < -0.4 is 16.8 Å². The van der Waals surface area contributed by atoms with Crippen LogP contribution in [0.1, 0.15) is 10.4 Å². The molecular formula is C11H14ClN3O3. The molecule has 18 heavy (non-hydrogen) atoms. The van der Waals surface area contributed by atoms with Gasteiger partial charge in [0.15, 0.2) is 0 Å². The smallest absolute Gasteiger partial charge is 0.250 e. The zero-order valence-corrected chi connectivity index (χ0v) is 10.5. The number of amides is 2. The Balaban J connectivity index is 2.82. The van der Waals surface area contributed by atoms with Gasteiger partial charge in [0.25, 0.3) is 0 Å². The van der Waals surface area contributed by atoms with Crippen molar-refractivity contribution in [3.63, 3.8) is 0 Å². The number of hydrogen-bond acceptors (Lipinski definition) is 4. The van der Waals surface area contributed by atoms with Crippen LogP contribution in [0.15, 0.2) is 18.2 Å². The van der Waals surface area contributed by atoms with Gasteiger partial charge in [-0.15, -0.1) is 0 Å². The molecule has 7 heteroatoms. The summed E-state index contributed by atoms with van der Waals surface area (Å²) >= 11 is 5.78. The molecule has 0 spiro atoms. The van der Waals surface area contributed by atoms with Crippen molar-refractivity contribution < 1.29 is 14.3 Å². The molecule has 0 saturated heterocycles. The van der Waals surface area contributed by atoms with Crippen molar-refractivity contribution in [1.29, 1.82) is 0 Å². The van der Waals surface area contributed by atoms with Gasteiger partial charge in [-0.2, -0.15) is 0 Å². The number of methoxy groups -OCH3 is 1. The molecule has 6 nitrogen and oxygen atoms in total. The normalized spacial score (nSPS) is 11.9. The van der Waals surface area contributed by atoms with Gasteiger partial charge < -0.3 is 21.5 Å². The number of primary amides is 1. The molecule has 0 aliphatic rings. The predicted octanol–water partition coefficient (Wildman–Crippen LogP) is 0.351. The molecule has 0 heterocycles. The molecule has 0 aliphatic heterocycles. The van der Waals surface area contributed by atoms with E-state index in [9.17, 15) is 9.59 Å². The maximum atomic E-state index is 11.6. The van der Waals surface area contributed by atoms with E-state index < -0.39 is 17.9 Å². The summed E-state index contributed by atoms with van der Waals surface area (Å²) in [4.78, 5) is 22.7. The fourth-order valence-corrected chi connectivity index (χ4v) is 1.49. The Labute approximate surface area is 109 Å². The summed E-state index contributed by atoms with van der Waals surface area (Å²) in [6.07, 6.45) is 0. The maximum absolute atomic E-state index is 11.6. The Morgan fingerprint density at radius 3 is 2.72 bits per heavy atom.